The highest BCUT2D eigenvalue weighted by Gasteiger charge is 2.37. The molecule has 0 aliphatic heterocycles. The summed E-state index contributed by atoms with van der Waals surface area (Å²) in [5.41, 5.74) is 0.233. The Morgan fingerprint density at radius 2 is 2.00 bits per heavy atom. The minimum Gasteiger partial charge on any atom is -0.481 e. The first kappa shape index (κ1) is 16.4. The number of carboxylic acids is 1. The van der Waals surface area contributed by atoms with Gasteiger partial charge in [0.15, 0.2) is 5.15 Å². The molecule has 0 radical (unpaired) electrons. The third kappa shape index (κ3) is 3.70. The summed E-state index contributed by atoms with van der Waals surface area (Å²) in [5.74, 6) is -1.32. The van der Waals surface area contributed by atoms with Gasteiger partial charge in [-0.3, -0.25) is 9.59 Å². The SMILES string of the molecule is CCC(CC)(CC(=O)Nc1cc(C)cnc1Cl)C(=O)O. The van der Waals surface area contributed by atoms with Crippen LogP contribution in [-0.2, 0) is 9.59 Å². The quantitative estimate of drug-likeness (QED) is 0.790. The van der Waals surface area contributed by atoms with Crippen molar-refractivity contribution in [2.75, 3.05) is 5.32 Å². The number of carbonyl (C=O) groups excluding carboxylic acids is 1. The molecule has 0 aliphatic rings. The molecule has 1 aromatic rings. The Bertz CT molecular complexity index is 513. The van der Waals surface area contributed by atoms with Gasteiger partial charge in [0, 0.05) is 12.6 Å². The summed E-state index contributed by atoms with van der Waals surface area (Å²) in [5, 5.41) is 12.1. The predicted octanol–water partition coefficient (Wildman–Crippen LogP) is 3.26. The summed E-state index contributed by atoms with van der Waals surface area (Å²) >= 11 is 5.90. The fraction of sp³-hybridized carbons (Fsp3) is 0.500. The molecule has 2 N–H and O–H groups in total. The fourth-order valence-electron chi connectivity index (χ4n) is 2.02. The molecule has 0 fully saturated rings. The number of carboxylic acid groups (broad SMARTS) is 1. The Labute approximate surface area is 123 Å². The van der Waals surface area contributed by atoms with E-state index in [4.69, 9.17) is 11.6 Å². The molecular formula is C14H19ClN2O3. The number of nitrogens with one attached hydrogen (secondary N) is 1. The first-order valence-corrected chi connectivity index (χ1v) is 6.88. The zero-order valence-electron chi connectivity index (χ0n) is 11.9. The van der Waals surface area contributed by atoms with Crippen LogP contribution in [0, 0.1) is 12.3 Å². The van der Waals surface area contributed by atoms with Gasteiger partial charge in [0.05, 0.1) is 11.1 Å². The number of anilines is 1. The Morgan fingerprint density at radius 3 is 2.50 bits per heavy atom. The van der Waals surface area contributed by atoms with E-state index in [1.165, 1.54) is 0 Å². The van der Waals surface area contributed by atoms with E-state index in [9.17, 15) is 14.7 Å². The number of carbonyl (C=O) groups is 2. The molecular weight excluding hydrogens is 280 g/mol. The van der Waals surface area contributed by atoms with Crippen LogP contribution in [0.4, 0.5) is 5.69 Å². The molecule has 1 heterocycles. The smallest absolute Gasteiger partial charge is 0.310 e. The number of halogens is 1. The number of hydrogen-bond acceptors (Lipinski definition) is 3. The molecule has 0 aromatic carbocycles. The number of aryl methyl sites for hydroxylation is 1. The normalized spacial score (nSPS) is 11.2. The molecule has 1 amide bonds. The van der Waals surface area contributed by atoms with Crippen LogP contribution in [0.15, 0.2) is 12.3 Å². The molecule has 0 spiro atoms. The summed E-state index contributed by atoms with van der Waals surface area (Å²) in [6, 6.07) is 1.70. The highest BCUT2D eigenvalue weighted by atomic mass is 35.5. The number of aromatic nitrogens is 1. The first-order valence-electron chi connectivity index (χ1n) is 6.50. The van der Waals surface area contributed by atoms with Crippen molar-refractivity contribution >= 4 is 29.2 Å². The second-order valence-corrected chi connectivity index (χ2v) is 5.23. The largest absolute Gasteiger partial charge is 0.481 e. The molecule has 6 heteroatoms. The van der Waals surface area contributed by atoms with Crippen LogP contribution in [-0.4, -0.2) is 22.0 Å². The van der Waals surface area contributed by atoms with Gasteiger partial charge in [-0.25, -0.2) is 4.98 Å². The average molecular weight is 299 g/mol. The molecule has 0 atom stereocenters. The molecule has 0 aliphatic carbocycles. The molecule has 20 heavy (non-hydrogen) atoms. The van der Waals surface area contributed by atoms with Gasteiger partial charge in [-0.05, 0) is 31.4 Å². The fourth-order valence-corrected chi connectivity index (χ4v) is 2.17. The van der Waals surface area contributed by atoms with Crippen molar-refractivity contribution in [3.63, 3.8) is 0 Å². The van der Waals surface area contributed by atoms with Gasteiger partial charge in [0.1, 0.15) is 0 Å². The van der Waals surface area contributed by atoms with Crippen LogP contribution in [0.5, 0.6) is 0 Å². The van der Waals surface area contributed by atoms with E-state index in [2.05, 4.69) is 10.3 Å². The van der Waals surface area contributed by atoms with Crippen LogP contribution in [0.25, 0.3) is 0 Å². The number of pyridine rings is 1. The summed E-state index contributed by atoms with van der Waals surface area (Å²) in [6.07, 6.45) is 2.30. The molecule has 0 unspecified atom stereocenters. The third-order valence-electron chi connectivity index (χ3n) is 3.56. The van der Waals surface area contributed by atoms with Crippen LogP contribution in [0.3, 0.4) is 0 Å². The molecule has 5 nitrogen and oxygen atoms in total. The summed E-state index contributed by atoms with van der Waals surface area (Å²) in [6.45, 7) is 5.37. The van der Waals surface area contributed by atoms with Crippen molar-refractivity contribution in [3.05, 3.63) is 23.0 Å². The predicted molar refractivity (Wildman–Crippen MR) is 77.9 cm³/mol. The van der Waals surface area contributed by atoms with Crippen molar-refractivity contribution in [3.8, 4) is 0 Å². The Kier molecular flexibility index (Phi) is 5.51. The Morgan fingerprint density at radius 1 is 1.40 bits per heavy atom. The van der Waals surface area contributed by atoms with Crippen LogP contribution in [0.1, 0.15) is 38.7 Å². The zero-order valence-corrected chi connectivity index (χ0v) is 12.6. The monoisotopic (exact) mass is 298 g/mol. The van der Waals surface area contributed by atoms with E-state index in [1.807, 2.05) is 6.92 Å². The molecule has 0 saturated heterocycles. The third-order valence-corrected chi connectivity index (χ3v) is 3.86. The van der Waals surface area contributed by atoms with Gasteiger partial charge in [-0.2, -0.15) is 0 Å². The summed E-state index contributed by atoms with van der Waals surface area (Å²) < 4.78 is 0. The number of amides is 1. The number of rotatable bonds is 6. The highest BCUT2D eigenvalue weighted by Crippen LogP contribution is 2.32. The second-order valence-electron chi connectivity index (χ2n) is 4.87. The van der Waals surface area contributed by atoms with Crippen LogP contribution in [0.2, 0.25) is 5.15 Å². The van der Waals surface area contributed by atoms with E-state index in [-0.39, 0.29) is 17.5 Å². The Hall–Kier alpha value is -1.62. The lowest BCUT2D eigenvalue weighted by Crippen LogP contribution is -2.34. The number of nitrogens with zero attached hydrogens (tertiary/aromatic N) is 1. The molecule has 110 valence electrons. The molecule has 1 rings (SSSR count). The van der Waals surface area contributed by atoms with Gasteiger partial charge in [-0.15, -0.1) is 0 Å². The summed E-state index contributed by atoms with van der Waals surface area (Å²) in [4.78, 5) is 27.4. The topological polar surface area (TPSA) is 79.3 Å². The van der Waals surface area contributed by atoms with E-state index >= 15 is 0 Å². The zero-order chi connectivity index (χ0) is 15.3. The van der Waals surface area contributed by atoms with Crippen molar-refractivity contribution < 1.29 is 14.7 Å². The van der Waals surface area contributed by atoms with Gasteiger partial charge in [0.25, 0.3) is 0 Å². The first-order chi connectivity index (χ1) is 9.34. The van der Waals surface area contributed by atoms with Gasteiger partial charge < -0.3 is 10.4 Å². The maximum atomic E-state index is 12.1. The maximum Gasteiger partial charge on any atom is 0.310 e. The number of hydrogen-bond donors (Lipinski definition) is 2. The van der Waals surface area contributed by atoms with Gasteiger partial charge in [-0.1, -0.05) is 25.4 Å². The summed E-state index contributed by atoms with van der Waals surface area (Å²) in [7, 11) is 0. The van der Waals surface area contributed by atoms with Crippen molar-refractivity contribution in [2.45, 2.75) is 40.0 Å². The molecule has 0 saturated carbocycles. The lowest BCUT2D eigenvalue weighted by atomic mass is 9.79. The second kappa shape index (κ2) is 6.70. The maximum absolute atomic E-state index is 12.1. The highest BCUT2D eigenvalue weighted by molar-refractivity contribution is 6.32. The molecule has 0 bridgehead atoms. The van der Waals surface area contributed by atoms with E-state index in [0.717, 1.165) is 5.56 Å². The minimum atomic E-state index is -1.03. The van der Waals surface area contributed by atoms with Gasteiger partial charge in [0.2, 0.25) is 5.91 Å². The van der Waals surface area contributed by atoms with Crippen LogP contribution >= 0.6 is 11.6 Å². The minimum absolute atomic E-state index is 0.0837. The van der Waals surface area contributed by atoms with E-state index < -0.39 is 11.4 Å². The Balaban J connectivity index is 2.86. The van der Waals surface area contributed by atoms with E-state index in [0.29, 0.717) is 18.5 Å². The average Bonchev–Trinajstić information content (AvgIpc) is 2.40. The van der Waals surface area contributed by atoms with Crippen molar-refractivity contribution in [1.82, 2.24) is 4.98 Å². The standard InChI is InChI=1S/C14H19ClN2O3/c1-4-14(5-2,13(19)20)7-11(18)17-10-6-9(3)8-16-12(10)15/h6,8H,4-5,7H2,1-3H3,(H,17,18)(H,19,20). The van der Waals surface area contributed by atoms with Crippen LogP contribution < -0.4 is 5.32 Å². The van der Waals surface area contributed by atoms with E-state index in [1.54, 1.807) is 26.1 Å². The lowest BCUT2D eigenvalue weighted by molar-refractivity contribution is -0.151. The van der Waals surface area contributed by atoms with Crippen molar-refractivity contribution in [2.24, 2.45) is 5.41 Å². The lowest BCUT2D eigenvalue weighted by Gasteiger charge is -2.25. The number of aliphatic carboxylic acids is 1. The van der Waals surface area contributed by atoms with Gasteiger partial charge >= 0.3 is 5.97 Å². The molecule has 1 aromatic heterocycles. The van der Waals surface area contributed by atoms with Crippen molar-refractivity contribution in [1.29, 1.82) is 0 Å².